The number of thioether (sulfide) groups is 1. The van der Waals surface area contributed by atoms with Crippen LogP contribution in [-0.2, 0) is 4.79 Å². The molecule has 0 spiro atoms. The van der Waals surface area contributed by atoms with Crippen LogP contribution in [0, 0.1) is 17.2 Å². The van der Waals surface area contributed by atoms with Gasteiger partial charge in [-0.25, -0.2) is 0 Å². The summed E-state index contributed by atoms with van der Waals surface area (Å²) in [5.74, 6) is -0.0171. The summed E-state index contributed by atoms with van der Waals surface area (Å²) < 4.78 is 1.11. The Hall–Kier alpha value is -0.990. The van der Waals surface area contributed by atoms with Gasteiger partial charge in [0.2, 0.25) is 5.91 Å². The molecule has 1 heterocycles. The van der Waals surface area contributed by atoms with Crippen LogP contribution >= 0.6 is 23.1 Å². The number of carbonyl (C=O) groups is 1. The number of hydrogen-bond donors (Lipinski definition) is 1. The Morgan fingerprint density at radius 2 is 2.22 bits per heavy atom. The van der Waals surface area contributed by atoms with E-state index < -0.39 is 5.54 Å². The van der Waals surface area contributed by atoms with E-state index in [-0.39, 0.29) is 17.1 Å². The van der Waals surface area contributed by atoms with Gasteiger partial charge in [0.05, 0.1) is 15.5 Å². The average Bonchev–Trinajstić information content (AvgIpc) is 2.81. The van der Waals surface area contributed by atoms with Crippen LogP contribution < -0.4 is 5.32 Å². The molecule has 0 unspecified atom stereocenters. The minimum Gasteiger partial charge on any atom is -0.337 e. The van der Waals surface area contributed by atoms with Gasteiger partial charge < -0.3 is 5.32 Å². The van der Waals surface area contributed by atoms with E-state index in [9.17, 15) is 10.1 Å². The van der Waals surface area contributed by atoms with Crippen molar-refractivity contribution in [3.63, 3.8) is 0 Å². The van der Waals surface area contributed by atoms with Crippen LogP contribution in [0.5, 0.6) is 0 Å². The molecule has 1 aromatic rings. The molecule has 1 N–H and O–H groups in total. The molecule has 0 aliphatic heterocycles. The lowest BCUT2D eigenvalue weighted by molar-refractivity contribution is -0.121. The van der Waals surface area contributed by atoms with E-state index in [1.54, 1.807) is 18.3 Å². The van der Waals surface area contributed by atoms with Crippen molar-refractivity contribution in [3.8, 4) is 6.07 Å². The Balaban J connectivity index is 2.63. The average molecular weight is 282 g/mol. The summed E-state index contributed by atoms with van der Waals surface area (Å²) in [6.07, 6.45) is 0. The van der Waals surface area contributed by atoms with Gasteiger partial charge in [0.15, 0.2) is 0 Å². The molecule has 98 valence electrons. The van der Waals surface area contributed by atoms with Gasteiger partial charge in [-0.1, -0.05) is 19.9 Å². The first-order valence-corrected chi connectivity index (χ1v) is 7.58. The van der Waals surface area contributed by atoms with E-state index in [0.717, 1.165) is 4.21 Å². The fourth-order valence-corrected chi connectivity index (χ4v) is 3.16. The monoisotopic (exact) mass is 282 g/mol. The first-order chi connectivity index (χ1) is 8.39. The van der Waals surface area contributed by atoms with E-state index >= 15 is 0 Å². The number of carbonyl (C=O) groups excluding carboxylic acids is 1. The van der Waals surface area contributed by atoms with E-state index in [1.807, 2.05) is 38.3 Å². The summed E-state index contributed by atoms with van der Waals surface area (Å²) in [6.45, 7) is 7.48. The lowest BCUT2D eigenvalue weighted by atomic mass is 9.90. The molecule has 0 fully saturated rings. The molecular formula is C13H18N2OS2. The van der Waals surface area contributed by atoms with E-state index in [4.69, 9.17) is 0 Å². The Labute approximate surface area is 117 Å². The summed E-state index contributed by atoms with van der Waals surface area (Å²) >= 11 is 3.13. The molecule has 5 heteroatoms. The van der Waals surface area contributed by atoms with Crippen LogP contribution in [-0.4, -0.2) is 16.7 Å². The van der Waals surface area contributed by atoms with Crippen molar-refractivity contribution in [3.05, 3.63) is 17.5 Å². The number of nitriles is 1. The zero-order chi connectivity index (χ0) is 13.8. The van der Waals surface area contributed by atoms with Gasteiger partial charge in [0.25, 0.3) is 0 Å². The summed E-state index contributed by atoms with van der Waals surface area (Å²) in [5.41, 5.74) is -0.804. The smallest absolute Gasteiger partial charge is 0.234 e. The molecule has 2 atom stereocenters. The Kier molecular flexibility index (Phi) is 5.24. The zero-order valence-corrected chi connectivity index (χ0v) is 12.7. The maximum atomic E-state index is 12.1. The van der Waals surface area contributed by atoms with Crippen molar-refractivity contribution >= 4 is 29.0 Å². The minimum absolute atomic E-state index is 0.0744. The predicted molar refractivity (Wildman–Crippen MR) is 76.6 cm³/mol. The number of hydrogen-bond acceptors (Lipinski definition) is 4. The second-order valence-electron chi connectivity index (χ2n) is 4.65. The second-order valence-corrected chi connectivity index (χ2v) is 7.24. The summed E-state index contributed by atoms with van der Waals surface area (Å²) in [7, 11) is 0. The zero-order valence-electron chi connectivity index (χ0n) is 11.1. The molecule has 1 aromatic heterocycles. The van der Waals surface area contributed by atoms with Gasteiger partial charge >= 0.3 is 0 Å². The number of rotatable bonds is 5. The SMILES string of the molecule is CC(C)[C@@](C)(C#N)NC(=O)[C@@H](C)Sc1cccs1. The largest absolute Gasteiger partial charge is 0.337 e. The van der Waals surface area contributed by atoms with Crippen molar-refractivity contribution in [2.24, 2.45) is 5.92 Å². The van der Waals surface area contributed by atoms with Crippen LogP contribution in [0.2, 0.25) is 0 Å². The predicted octanol–water partition coefficient (Wildman–Crippen LogP) is 3.28. The summed E-state index contributed by atoms with van der Waals surface area (Å²) in [4.78, 5) is 12.1. The van der Waals surface area contributed by atoms with E-state index in [2.05, 4.69) is 11.4 Å². The molecule has 0 aliphatic carbocycles. The first kappa shape index (κ1) is 15.1. The second kappa shape index (κ2) is 6.26. The van der Waals surface area contributed by atoms with Crippen LogP contribution in [0.1, 0.15) is 27.7 Å². The highest BCUT2D eigenvalue weighted by Crippen LogP contribution is 2.28. The Morgan fingerprint density at radius 1 is 1.56 bits per heavy atom. The fraction of sp³-hybridized carbons (Fsp3) is 0.538. The third-order valence-corrected chi connectivity index (χ3v) is 5.10. The third kappa shape index (κ3) is 3.76. The number of nitrogens with one attached hydrogen (secondary N) is 1. The molecular weight excluding hydrogens is 264 g/mol. The highest BCUT2D eigenvalue weighted by atomic mass is 32.2. The van der Waals surface area contributed by atoms with Crippen LogP contribution in [0.4, 0.5) is 0 Å². The maximum Gasteiger partial charge on any atom is 0.234 e. The molecule has 0 radical (unpaired) electrons. The Morgan fingerprint density at radius 3 is 2.67 bits per heavy atom. The highest BCUT2D eigenvalue weighted by molar-refractivity contribution is 8.02. The molecule has 18 heavy (non-hydrogen) atoms. The van der Waals surface area contributed by atoms with Gasteiger partial charge in [-0.2, -0.15) is 5.26 Å². The molecule has 0 bridgehead atoms. The topological polar surface area (TPSA) is 52.9 Å². The summed E-state index contributed by atoms with van der Waals surface area (Å²) in [6, 6.07) is 6.14. The first-order valence-electron chi connectivity index (χ1n) is 5.82. The molecule has 0 saturated carbocycles. The van der Waals surface area contributed by atoms with Gasteiger partial charge in [-0.3, -0.25) is 4.79 Å². The molecule has 1 amide bonds. The van der Waals surface area contributed by atoms with Crippen molar-refractivity contribution in [1.82, 2.24) is 5.32 Å². The summed E-state index contributed by atoms with van der Waals surface area (Å²) in [5, 5.41) is 13.8. The quantitative estimate of drug-likeness (QED) is 0.843. The fourth-order valence-electron chi connectivity index (χ4n) is 1.22. The number of amides is 1. The number of nitrogens with zero attached hydrogens (tertiary/aromatic N) is 1. The normalized spacial score (nSPS) is 15.8. The van der Waals surface area contributed by atoms with Crippen LogP contribution in [0.25, 0.3) is 0 Å². The van der Waals surface area contributed by atoms with E-state index in [0.29, 0.717) is 0 Å². The molecule has 0 aliphatic rings. The minimum atomic E-state index is -0.804. The highest BCUT2D eigenvalue weighted by Gasteiger charge is 2.31. The maximum absolute atomic E-state index is 12.1. The van der Waals surface area contributed by atoms with Crippen molar-refractivity contribution in [1.29, 1.82) is 5.26 Å². The molecule has 1 rings (SSSR count). The Bertz CT molecular complexity index is 436. The van der Waals surface area contributed by atoms with Gasteiger partial charge in [0.1, 0.15) is 5.54 Å². The third-order valence-electron chi connectivity index (χ3n) is 2.93. The van der Waals surface area contributed by atoms with Crippen LogP contribution in [0.3, 0.4) is 0 Å². The van der Waals surface area contributed by atoms with Crippen LogP contribution in [0.15, 0.2) is 21.7 Å². The van der Waals surface area contributed by atoms with Crippen molar-refractivity contribution in [2.75, 3.05) is 0 Å². The molecule has 0 aromatic carbocycles. The lowest BCUT2D eigenvalue weighted by Gasteiger charge is -2.28. The lowest BCUT2D eigenvalue weighted by Crippen LogP contribution is -2.51. The van der Waals surface area contributed by atoms with E-state index in [1.165, 1.54) is 11.8 Å². The van der Waals surface area contributed by atoms with Gasteiger partial charge in [0, 0.05) is 0 Å². The van der Waals surface area contributed by atoms with Gasteiger partial charge in [-0.05, 0) is 31.2 Å². The number of thiophene rings is 1. The van der Waals surface area contributed by atoms with Gasteiger partial charge in [-0.15, -0.1) is 23.1 Å². The van der Waals surface area contributed by atoms with Crippen molar-refractivity contribution < 1.29 is 4.79 Å². The standard InChI is InChI=1S/C13H18N2OS2/c1-9(2)13(4,8-14)15-12(16)10(3)18-11-6-5-7-17-11/h5-7,9-10H,1-4H3,(H,15,16)/t10-,13-/m1/s1. The van der Waals surface area contributed by atoms with Crippen molar-refractivity contribution in [2.45, 2.75) is 42.7 Å². The molecule has 3 nitrogen and oxygen atoms in total. The molecule has 0 saturated heterocycles.